The predicted molar refractivity (Wildman–Crippen MR) is 79.4 cm³/mol. The van der Waals surface area contributed by atoms with Crippen molar-refractivity contribution in [3.05, 3.63) is 29.8 Å². The van der Waals surface area contributed by atoms with Gasteiger partial charge in [0.1, 0.15) is 12.4 Å². The van der Waals surface area contributed by atoms with Crippen molar-refractivity contribution in [2.75, 3.05) is 19.8 Å². The van der Waals surface area contributed by atoms with Gasteiger partial charge in [0.25, 0.3) is 0 Å². The fraction of sp³-hybridized carbons (Fsp3) is 0.562. The average molecular weight is 296 g/mol. The molecule has 0 saturated heterocycles. The van der Waals surface area contributed by atoms with Crippen molar-refractivity contribution in [1.29, 1.82) is 0 Å². The second-order valence-corrected chi connectivity index (χ2v) is 4.70. The molecular weight excluding hydrogens is 272 g/mol. The highest BCUT2D eigenvalue weighted by Gasteiger charge is 2.20. The van der Waals surface area contributed by atoms with E-state index in [1.165, 1.54) is 0 Å². The van der Waals surface area contributed by atoms with Crippen molar-refractivity contribution >= 4 is 5.97 Å². The van der Waals surface area contributed by atoms with Gasteiger partial charge in [-0.15, -0.1) is 0 Å². The minimum Gasteiger partial charge on any atom is -0.491 e. The van der Waals surface area contributed by atoms with Gasteiger partial charge in [-0.3, -0.25) is 0 Å². The minimum absolute atomic E-state index is 0.254. The molecule has 5 nitrogen and oxygen atoms in total. The van der Waals surface area contributed by atoms with E-state index in [1.54, 1.807) is 13.8 Å². The zero-order chi connectivity index (χ0) is 15.7. The van der Waals surface area contributed by atoms with Crippen LogP contribution >= 0.6 is 0 Å². The summed E-state index contributed by atoms with van der Waals surface area (Å²) in [6.45, 7) is 6.34. The standard InChI is InChI=1S/C16H24O5/c1-4-19-15(16(18)20-5-2)10-13-6-8-14(9-7-13)21-11-12(3)17/h6-9,12,15,17H,4-5,10-11H2,1-3H3. The third-order valence-corrected chi connectivity index (χ3v) is 2.75. The van der Waals surface area contributed by atoms with Crippen LogP contribution in [0.2, 0.25) is 0 Å². The van der Waals surface area contributed by atoms with Crippen LogP contribution in [0.1, 0.15) is 26.3 Å². The van der Waals surface area contributed by atoms with Crippen molar-refractivity contribution in [2.24, 2.45) is 0 Å². The first-order chi connectivity index (χ1) is 10.1. The highest BCUT2D eigenvalue weighted by Crippen LogP contribution is 2.15. The van der Waals surface area contributed by atoms with Crippen LogP contribution in [0.25, 0.3) is 0 Å². The second-order valence-electron chi connectivity index (χ2n) is 4.70. The molecule has 21 heavy (non-hydrogen) atoms. The summed E-state index contributed by atoms with van der Waals surface area (Å²) in [5, 5.41) is 9.16. The van der Waals surface area contributed by atoms with Gasteiger partial charge in [0, 0.05) is 13.0 Å². The summed E-state index contributed by atoms with van der Waals surface area (Å²) in [7, 11) is 0. The Morgan fingerprint density at radius 2 is 1.86 bits per heavy atom. The molecule has 0 amide bonds. The van der Waals surface area contributed by atoms with E-state index in [4.69, 9.17) is 19.3 Å². The van der Waals surface area contributed by atoms with E-state index in [9.17, 15) is 4.79 Å². The lowest BCUT2D eigenvalue weighted by atomic mass is 10.1. The summed E-state index contributed by atoms with van der Waals surface area (Å²) in [5.74, 6) is 0.345. The molecule has 1 N–H and O–H groups in total. The summed E-state index contributed by atoms with van der Waals surface area (Å²) in [6.07, 6.45) is -0.626. The molecule has 0 saturated carbocycles. The highest BCUT2D eigenvalue weighted by atomic mass is 16.6. The maximum Gasteiger partial charge on any atom is 0.335 e. The smallest absolute Gasteiger partial charge is 0.335 e. The maximum absolute atomic E-state index is 11.8. The van der Waals surface area contributed by atoms with Crippen LogP contribution in [-0.2, 0) is 20.7 Å². The normalized spacial score (nSPS) is 13.5. The fourth-order valence-corrected chi connectivity index (χ4v) is 1.80. The molecule has 118 valence electrons. The number of carbonyl (C=O) groups is 1. The van der Waals surface area contributed by atoms with Gasteiger partial charge in [-0.25, -0.2) is 4.79 Å². The third-order valence-electron chi connectivity index (χ3n) is 2.75. The Bertz CT molecular complexity index is 413. The first-order valence-corrected chi connectivity index (χ1v) is 7.24. The summed E-state index contributed by atoms with van der Waals surface area (Å²) in [5.41, 5.74) is 0.964. The van der Waals surface area contributed by atoms with Crippen LogP contribution in [-0.4, -0.2) is 43.1 Å². The van der Waals surface area contributed by atoms with E-state index < -0.39 is 12.2 Å². The molecule has 0 bridgehead atoms. The average Bonchev–Trinajstić information content (AvgIpc) is 2.46. The topological polar surface area (TPSA) is 65.0 Å². The molecule has 0 spiro atoms. The molecule has 1 aromatic carbocycles. The van der Waals surface area contributed by atoms with Crippen molar-refractivity contribution in [3.63, 3.8) is 0 Å². The van der Waals surface area contributed by atoms with Crippen molar-refractivity contribution in [1.82, 2.24) is 0 Å². The fourth-order valence-electron chi connectivity index (χ4n) is 1.80. The monoisotopic (exact) mass is 296 g/mol. The number of esters is 1. The van der Waals surface area contributed by atoms with Crippen molar-refractivity contribution in [2.45, 2.75) is 39.4 Å². The highest BCUT2D eigenvalue weighted by molar-refractivity contribution is 5.75. The Morgan fingerprint density at radius 1 is 1.19 bits per heavy atom. The molecule has 0 heterocycles. The Labute approximate surface area is 125 Å². The Hall–Kier alpha value is -1.59. The SMILES string of the molecule is CCOC(=O)C(Cc1ccc(OCC(C)O)cc1)OCC. The molecule has 0 radical (unpaired) electrons. The molecule has 0 aliphatic rings. The van der Waals surface area contributed by atoms with Crippen LogP contribution in [0.15, 0.2) is 24.3 Å². The van der Waals surface area contributed by atoms with Gasteiger partial charge in [-0.05, 0) is 38.5 Å². The molecule has 1 aromatic rings. The molecule has 0 aromatic heterocycles. The number of carbonyl (C=O) groups excluding carboxylic acids is 1. The van der Waals surface area contributed by atoms with E-state index in [2.05, 4.69) is 0 Å². The lowest BCUT2D eigenvalue weighted by molar-refractivity contribution is -0.156. The van der Waals surface area contributed by atoms with Gasteiger partial charge >= 0.3 is 5.97 Å². The summed E-state index contributed by atoms with van der Waals surface area (Å²) < 4.78 is 15.8. The van der Waals surface area contributed by atoms with Gasteiger partial charge < -0.3 is 19.3 Å². The summed E-state index contributed by atoms with van der Waals surface area (Å²) in [6, 6.07) is 7.38. The number of ether oxygens (including phenoxy) is 3. The van der Waals surface area contributed by atoms with Gasteiger partial charge in [0.15, 0.2) is 6.10 Å². The first-order valence-electron chi connectivity index (χ1n) is 7.24. The predicted octanol–water partition coefficient (Wildman–Crippen LogP) is 1.96. The lowest BCUT2D eigenvalue weighted by Gasteiger charge is -2.16. The van der Waals surface area contributed by atoms with Crippen LogP contribution < -0.4 is 4.74 Å². The Morgan fingerprint density at radius 3 is 2.38 bits per heavy atom. The molecule has 0 aliphatic carbocycles. The Kier molecular flexibility index (Phi) is 7.79. The summed E-state index contributed by atoms with van der Waals surface area (Å²) >= 11 is 0. The zero-order valence-electron chi connectivity index (χ0n) is 12.9. The van der Waals surface area contributed by atoms with Crippen molar-refractivity contribution < 1.29 is 24.1 Å². The van der Waals surface area contributed by atoms with Crippen molar-refractivity contribution in [3.8, 4) is 5.75 Å². The van der Waals surface area contributed by atoms with Crippen LogP contribution in [0.5, 0.6) is 5.75 Å². The maximum atomic E-state index is 11.8. The van der Waals surface area contributed by atoms with Gasteiger partial charge in [-0.1, -0.05) is 12.1 Å². The molecule has 0 fully saturated rings. The number of aliphatic hydroxyl groups is 1. The molecule has 5 heteroatoms. The number of hydrogen-bond donors (Lipinski definition) is 1. The molecule has 2 atom stereocenters. The van der Waals surface area contributed by atoms with Gasteiger partial charge in [-0.2, -0.15) is 0 Å². The van der Waals surface area contributed by atoms with E-state index in [0.717, 1.165) is 5.56 Å². The van der Waals surface area contributed by atoms with E-state index in [-0.39, 0.29) is 12.6 Å². The molecule has 0 aliphatic heterocycles. The number of aliphatic hydroxyl groups excluding tert-OH is 1. The number of hydrogen-bond acceptors (Lipinski definition) is 5. The van der Waals surface area contributed by atoms with E-state index in [1.807, 2.05) is 31.2 Å². The molecule has 1 rings (SSSR count). The first kappa shape index (κ1) is 17.5. The van der Waals surface area contributed by atoms with Crippen LogP contribution in [0.3, 0.4) is 0 Å². The van der Waals surface area contributed by atoms with E-state index in [0.29, 0.717) is 25.4 Å². The quantitative estimate of drug-likeness (QED) is 0.706. The molecular formula is C16H24O5. The lowest BCUT2D eigenvalue weighted by Crippen LogP contribution is -2.28. The summed E-state index contributed by atoms with van der Waals surface area (Å²) in [4.78, 5) is 11.8. The van der Waals surface area contributed by atoms with Crippen LogP contribution in [0.4, 0.5) is 0 Å². The minimum atomic E-state index is -0.584. The third kappa shape index (κ3) is 6.60. The molecule has 2 unspecified atom stereocenters. The number of benzene rings is 1. The zero-order valence-corrected chi connectivity index (χ0v) is 12.9. The van der Waals surface area contributed by atoms with E-state index >= 15 is 0 Å². The van der Waals surface area contributed by atoms with Gasteiger partial charge in [0.2, 0.25) is 0 Å². The Balaban J connectivity index is 2.60. The second kappa shape index (κ2) is 9.37. The largest absolute Gasteiger partial charge is 0.491 e. The van der Waals surface area contributed by atoms with Crippen LogP contribution in [0, 0.1) is 0 Å². The van der Waals surface area contributed by atoms with Gasteiger partial charge in [0.05, 0.1) is 12.7 Å². The number of rotatable bonds is 9.